The van der Waals surface area contributed by atoms with Crippen molar-refractivity contribution in [1.29, 1.82) is 0 Å². The Morgan fingerprint density at radius 3 is 2.63 bits per heavy atom. The maximum absolute atomic E-state index is 12.0. The van der Waals surface area contributed by atoms with E-state index in [1.807, 2.05) is 6.92 Å². The Balaban J connectivity index is 2.63. The van der Waals surface area contributed by atoms with E-state index in [-0.39, 0.29) is 18.6 Å². The number of rotatable bonds is 5. The van der Waals surface area contributed by atoms with Gasteiger partial charge in [-0.3, -0.25) is 0 Å². The van der Waals surface area contributed by atoms with Crippen LogP contribution in [0.5, 0.6) is 0 Å². The molecule has 0 saturated heterocycles. The number of likely N-dealkylation sites (N-methyl/N-ethyl adjacent to an activating group) is 1. The zero-order chi connectivity index (χ0) is 14.6. The highest BCUT2D eigenvalue weighted by Crippen LogP contribution is 2.13. The number of carbonyl (C=O) groups is 1. The highest BCUT2D eigenvalue weighted by Gasteiger charge is 2.23. The van der Waals surface area contributed by atoms with Gasteiger partial charge in [0.2, 0.25) is 5.89 Å². The Morgan fingerprint density at radius 2 is 2.21 bits per heavy atom. The number of aryl methyl sites for hydroxylation is 1. The zero-order valence-corrected chi connectivity index (χ0v) is 12.1. The van der Waals surface area contributed by atoms with Crippen LogP contribution in [0.3, 0.4) is 0 Å². The Labute approximate surface area is 113 Å². The fraction of sp³-hybridized carbons (Fsp3) is 0.750. The molecule has 2 amide bonds. The predicted octanol–water partition coefficient (Wildman–Crippen LogP) is 1.24. The van der Waals surface area contributed by atoms with Crippen LogP contribution in [0.15, 0.2) is 4.52 Å². The van der Waals surface area contributed by atoms with Crippen molar-refractivity contribution in [2.45, 2.75) is 45.8 Å². The first kappa shape index (κ1) is 15.4. The number of aliphatic hydroxyl groups is 1. The van der Waals surface area contributed by atoms with Gasteiger partial charge in [0.25, 0.3) is 0 Å². The van der Waals surface area contributed by atoms with Crippen LogP contribution in [0, 0.1) is 6.92 Å². The summed E-state index contributed by atoms with van der Waals surface area (Å²) in [5.74, 6) is 0.928. The van der Waals surface area contributed by atoms with E-state index in [9.17, 15) is 9.90 Å². The molecule has 0 saturated carbocycles. The van der Waals surface area contributed by atoms with E-state index in [2.05, 4.69) is 15.5 Å². The first-order valence-corrected chi connectivity index (χ1v) is 6.27. The summed E-state index contributed by atoms with van der Waals surface area (Å²) in [6.07, 6.45) is 0.654. The molecule has 0 aromatic carbocycles. The summed E-state index contributed by atoms with van der Waals surface area (Å²) in [5.41, 5.74) is -0.934. The van der Waals surface area contributed by atoms with Crippen molar-refractivity contribution in [3.63, 3.8) is 0 Å². The minimum atomic E-state index is -0.934. The molecule has 0 bridgehead atoms. The largest absolute Gasteiger partial charge is 0.389 e. The lowest BCUT2D eigenvalue weighted by Crippen LogP contribution is -2.45. The van der Waals surface area contributed by atoms with Gasteiger partial charge in [-0.05, 0) is 20.3 Å². The number of urea groups is 1. The topological polar surface area (TPSA) is 91.5 Å². The molecule has 0 radical (unpaired) electrons. The molecule has 1 unspecified atom stereocenters. The number of nitrogens with zero attached hydrogens (tertiary/aromatic N) is 3. The standard InChI is InChI=1S/C12H22N4O3/c1-6-9(10-13-8(2)19-15-10)14-11(17)16(5)7-12(3,4)18/h9,18H,6-7H2,1-5H3,(H,14,17). The van der Waals surface area contributed by atoms with Crippen LogP contribution in [0.4, 0.5) is 4.79 Å². The quantitative estimate of drug-likeness (QED) is 0.840. The average molecular weight is 270 g/mol. The molecular weight excluding hydrogens is 248 g/mol. The van der Waals surface area contributed by atoms with Gasteiger partial charge in [-0.2, -0.15) is 4.98 Å². The molecule has 0 aliphatic rings. The second kappa shape index (κ2) is 6.01. The molecule has 2 N–H and O–H groups in total. The maximum atomic E-state index is 12.0. The van der Waals surface area contributed by atoms with E-state index in [4.69, 9.17) is 4.52 Å². The predicted molar refractivity (Wildman–Crippen MR) is 69.5 cm³/mol. The molecule has 7 nitrogen and oxygen atoms in total. The lowest BCUT2D eigenvalue weighted by atomic mass is 10.1. The molecule has 19 heavy (non-hydrogen) atoms. The summed E-state index contributed by atoms with van der Waals surface area (Å²) < 4.78 is 4.90. The van der Waals surface area contributed by atoms with Crippen molar-refractivity contribution < 1.29 is 14.4 Å². The second-order valence-corrected chi connectivity index (χ2v) is 5.25. The summed E-state index contributed by atoms with van der Waals surface area (Å²) in [6, 6.07) is -0.578. The molecule has 0 aliphatic heterocycles. The number of hydrogen-bond donors (Lipinski definition) is 2. The van der Waals surface area contributed by atoms with Crippen LogP contribution in [-0.4, -0.2) is 45.4 Å². The fourth-order valence-corrected chi connectivity index (χ4v) is 1.72. The number of aromatic nitrogens is 2. The molecule has 1 atom stereocenters. The molecule has 108 valence electrons. The Hall–Kier alpha value is -1.63. The highest BCUT2D eigenvalue weighted by molar-refractivity contribution is 5.74. The Bertz CT molecular complexity index is 425. The van der Waals surface area contributed by atoms with Crippen LogP contribution in [-0.2, 0) is 0 Å². The lowest BCUT2D eigenvalue weighted by Gasteiger charge is -2.27. The van der Waals surface area contributed by atoms with Gasteiger partial charge in [-0.25, -0.2) is 4.79 Å². The van der Waals surface area contributed by atoms with E-state index in [0.717, 1.165) is 0 Å². The summed E-state index contributed by atoms with van der Waals surface area (Å²) in [4.78, 5) is 17.5. The molecular formula is C12H22N4O3. The number of amides is 2. The molecule has 1 aromatic rings. The Morgan fingerprint density at radius 1 is 1.58 bits per heavy atom. The molecule has 0 aliphatic carbocycles. The molecule has 1 aromatic heterocycles. The third-order valence-corrected chi connectivity index (χ3v) is 2.53. The summed E-state index contributed by atoms with van der Waals surface area (Å²) in [7, 11) is 1.63. The summed E-state index contributed by atoms with van der Waals surface area (Å²) in [5, 5.41) is 16.3. The molecule has 1 heterocycles. The van der Waals surface area contributed by atoms with Gasteiger partial charge in [-0.15, -0.1) is 0 Å². The van der Waals surface area contributed by atoms with Gasteiger partial charge in [0.05, 0.1) is 18.2 Å². The van der Waals surface area contributed by atoms with E-state index in [1.165, 1.54) is 4.90 Å². The highest BCUT2D eigenvalue weighted by atomic mass is 16.5. The summed E-state index contributed by atoms with van der Waals surface area (Å²) in [6.45, 7) is 7.16. The molecule has 0 spiro atoms. The van der Waals surface area contributed by atoms with Crippen LogP contribution >= 0.6 is 0 Å². The zero-order valence-electron chi connectivity index (χ0n) is 12.1. The van der Waals surface area contributed by atoms with Gasteiger partial charge in [0.15, 0.2) is 5.82 Å². The summed E-state index contributed by atoms with van der Waals surface area (Å²) >= 11 is 0. The smallest absolute Gasteiger partial charge is 0.317 e. The number of carbonyl (C=O) groups excluding carboxylic acids is 1. The van der Waals surface area contributed by atoms with E-state index >= 15 is 0 Å². The SMILES string of the molecule is CCC(NC(=O)N(C)CC(C)(C)O)c1noc(C)n1. The average Bonchev–Trinajstić information content (AvgIpc) is 2.69. The van der Waals surface area contributed by atoms with Crippen molar-refractivity contribution in [3.05, 3.63) is 11.7 Å². The maximum Gasteiger partial charge on any atom is 0.317 e. The van der Waals surface area contributed by atoms with Gasteiger partial charge in [0, 0.05) is 14.0 Å². The van der Waals surface area contributed by atoms with Crippen LogP contribution in [0.2, 0.25) is 0 Å². The molecule has 1 rings (SSSR count). The van der Waals surface area contributed by atoms with E-state index < -0.39 is 5.60 Å². The fourth-order valence-electron chi connectivity index (χ4n) is 1.72. The third-order valence-electron chi connectivity index (χ3n) is 2.53. The molecule has 7 heteroatoms. The van der Waals surface area contributed by atoms with Gasteiger partial charge < -0.3 is 19.8 Å². The van der Waals surface area contributed by atoms with Crippen molar-refractivity contribution in [2.75, 3.05) is 13.6 Å². The Kier molecular flexibility index (Phi) is 4.88. The monoisotopic (exact) mass is 270 g/mol. The van der Waals surface area contributed by atoms with E-state index in [0.29, 0.717) is 18.1 Å². The van der Waals surface area contributed by atoms with Crippen molar-refractivity contribution >= 4 is 6.03 Å². The lowest BCUT2D eigenvalue weighted by molar-refractivity contribution is 0.0527. The van der Waals surface area contributed by atoms with E-state index in [1.54, 1.807) is 27.8 Å². The van der Waals surface area contributed by atoms with Gasteiger partial charge in [0.1, 0.15) is 0 Å². The molecule has 0 fully saturated rings. The third kappa shape index (κ3) is 4.86. The van der Waals surface area contributed by atoms with Gasteiger partial charge in [-0.1, -0.05) is 12.1 Å². The van der Waals surface area contributed by atoms with Crippen LogP contribution in [0.1, 0.15) is 44.9 Å². The number of hydrogen-bond acceptors (Lipinski definition) is 5. The van der Waals surface area contributed by atoms with Gasteiger partial charge >= 0.3 is 6.03 Å². The normalized spacial score (nSPS) is 13.2. The minimum Gasteiger partial charge on any atom is -0.389 e. The first-order chi connectivity index (χ1) is 8.73. The first-order valence-electron chi connectivity index (χ1n) is 6.27. The minimum absolute atomic E-state index is 0.237. The van der Waals surface area contributed by atoms with Crippen LogP contribution in [0.25, 0.3) is 0 Å². The van der Waals surface area contributed by atoms with Crippen molar-refractivity contribution in [2.24, 2.45) is 0 Å². The second-order valence-electron chi connectivity index (χ2n) is 5.25. The van der Waals surface area contributed by atoms with Crippen LogP contribution < -0.4 is 5.32 Å². The number of nitrogens with one attached hydrogen (secondary N) is 1. The van der Waals surface area contributed by atoms with Crippen molar-refractivity contribution in [1.82, 2.24) is 20.4 Å². The van der Waals surface area contributed by atoms with Crippen molar-refractivity contribution in [3.8, 4) is 0 Å².